The average Bonchev–Trinajstić information content (AvgIpc) is 3.21. The molecule has 2 aromatic rings. The molecule has 0 amide bonds. The van der Waals surface area contributed by atoms with Gasteiger partial charge in [0.15, 0.2) is 0 Å². The van der Waals surface area contributed by atoms with E-state index >= 15 is 0 Å². The molecule has 0 radical (unpaired) electrons. The van der Waals surface area contributed by atoms with Crippen LogP contribution < -0.4 is 4.74 Å². The summed E-state index contributed by atoms with van der Waals surface area (Å²) in [6, 6.07) is 11.1. The predicted molar refractivity (Wildman–Crippen MR) is 80.4 cm³/mol. The van der Waals surface area contributed by atoms with Gasteiger partial charge in [-0.3, -0.25) is 4.90 Å². The van der Waals surface area contributed by atoms with E-state index in [2.05, 4.69) is 4.90 Å². The maximum Gasteiger partial charge on any atom is 0.137 e. The van der Waals surface area contributed by atoms with Crippen molar-refractivity contribution < 1.29 is 14.3 Å². The summed E-state index contributed by atoms with van der Waals surface area (Å²) in [5.41, 5.74) is 0.803. The zero-order chi connectivity index (χ0) is 14.5. The molecule has 0 bridgehead atoms. The zero-order valence-electron chi connectivity index (χ0n) is 12.1. The molecule has 0 aliphatic carbocycles. The van der Waals surface area contributed by atoms with E-state index in [1.165, 1.54) is 25.9 Å². The first-order valence-corrected chi connectivity index (χ1v) is 7.49. The number of nitrogens with zero attached hydrogens (tertiary/aromatic N) is 1. The smallest absolute Gasteiger partial charge is 0.137 e. The molecule has 1 aromatic carbocycles. The summed E-state index contributed by atoms with van der Waals surface area (Å²) < 4.78 is 11.0. The van der Waals surface area contributed by atoms with Crippen molar-refractivity contribution in [2.75, 3.05) is 26.2 Å². The fourth-order valence-corrected chi connectivity index (χ4v) is 2.66. The lowest BCUT2D eigenvalue weighted by Gasteiger charge is -2.15. The zero-order valence-corrected chi connectivity index (χ0v) is 12.1. The van der Waals surface area contributed by atoms with Crippen LogP contribution in [-0.2, 0) is 0 Å². The van der Waals surface area contributed by atoms with Crippen LogP contribution in [0.5, 0.6) is 5.75 Å². The van der Waals surface area contributed by atoms with Gasteiger partial charge in [0, 0.05) is 6.54 Å². The number of aliphatic hydroxyl groups excluding tert-OH is 1. The van der Waals surface area contributed by atoms with Gasteiger partial charge in [-0.1, -0.05) is 12.1 Å². The van der Waals surface area contributed by atoms with Gasteiger partial charge in [-0.05, 0) is 55.8 Å². The second kappa shape index (κ2) is 6.78. The van der Waals surface area contributed by atoms with Crippen LogP contribution in [0.2, 0.25) is 0 Å². The first kappa shape index (κ1) is 14.2. The van der Waals surface area contributed by atoms with Gasteiger partial charge in [-0.25, -0.2) is 0 Å². The minimum atomic E-state index is -0.723. The molecule has 0 spiro atoms. The largest absolute Gasteiger partial charge is 0.492 e. The Hall–Kier alpha value is -1.78. The first-order chi connectivity index (χ1) is 10.3. The number of furan rings is 1. The van der Waals surface area contributed by atoms with Crippen molar-refractivity contribution in [1.82, 2.24) is 4.90 Å². The van der Waals surface area contributed by atoms with Crippen LogP contribution in [0, 0.1) is 0 Å². The summed E-state index contributed by atoms with van der Waals surface area (Å²) >= 11 is 0. The summed E-state index contributed by atoms with van der Waals surface area (Å²) in [6.45, 7) is 4.08. The first-order valence-electron chi connectivity index (χ1n) is 7.49. The van der Waals surface area contributed by atoms with E-state index in [1.54, 1.807) is 18.4 Å². The van der Waals surface area contributed by atoms with E-state index in [0.29, 0.717) is 12.4 Å². The monoisotopic (exact) mass is 287 g/mol. The Morgan fingerprint density at radius 3 is 2.57 bits per heavy atom. The molecule has 3 rings (SSSR count). The van der Waals surface area contributed by atoms with Crippen molar-refractivity contribution in [3.8, 4) is 5.75 Å². The van der Waals surface area contributed by atoms with E-state index in [-0.39, 0.29) is 0 Å². The Morgan fingerprint density at radius 2 is 1.90 bits per heavy atom. The Morgan fingerprint density at radius 1 is 1.14 bits per heavy atom. The van der Waals surface area contributed by atoms with Gasteiger partial charge in [-0.2, -0.15) is 0 Å². The van der Waals surface area contributed by atoms with E-state index in [4.69, 9.17) is 9.15 Å². The predicted octanol–water partition coefficient (Wildman–Crippen LogP) is 2.84. The van der Waals surface area contributed by atoms with Gasteiger partial charge in [0.25, 0.3) is 0 Å². The van der Waals surface area contributed by atoms with Gasteiger partial charge in [0.05, 0.1) is 6.26 Å². The average molecular weight is 287 g/mol. The highest BCUT2D eigenvalue weighted by atomic mass is 16.5. The lowest BCUT2D eigenvalue weighted by atomic mass is 10.1. The Bertz CT molecular complexity index is 530. The summed E-state index contributed by atoms with van der Waals surface area (Å²) in [4.78, 5) is 2.43. The highest BCUT2D eigenvalue weighted by Gasteiger charge is 2.13. The minimum absolute atomic E-state index is 0.553. The molecular weight excluding hydrogens is 266 g/mol. The molecule has 4 heteroatoms. The lowest BCUT2D eigenvalue weighted by molar-refractivity contribution is 0.189. The fourth-order valence-electron chi connectivity index (χ4n) is 2.66. The van der Waals surface area contributed by atoms with Crippen molar-refractivity contribution in [2.45, 2.75) is 18.9 Å². The molecule has 1 unspecified atom stereocenters. The van der Waals surface area contributed by atoms with Crippen molar-refractivity contribution in [1.29, 1.82) is 0 Å². The third-order valence-electron chi connectivity index (χ3n) is 3.88. The lowest BCUT2D eigenvalue weighted by Crippen LogP contribution is -2.25. The Labute approximate surface area is 124 Å². The summed E-state index contributed by atoms with van der Waals surface area (Å²) in [5.74, 6) is 1.39. The van der Waals surface area contributed by atoms with Gasteiger partial charge in [0.2, 0.25) is 0 Å². The SMILES string of the molecule is OC(c1ccc(OCCN2CCCC2)cc1)c1ccco1. The van der Waals surface area contributed by atoms with Crippen molar-refractivity contribution in [2.24, 2.45) is 0 Å². The third kappa shape index (κ3) is 3.65. The van der Waals surface area contributed by atoms with Crippen LogP contribution in [0.1, 0.15) is 30.3 Å². The highest BCUT2D eigenvalue weighted by molar-refractivity contribution is 5.31. The van der Waals surface area contributed by atoms with Crippen molar-refractivity contribution in [3.05, 3.63) is 54.0 Å². The standard InChI is InChI=1S/C17H21NO3/c19-17(16-4-3-12-21-16)14-5-7-15(8-6-14)20-13-11-18-9-1-2-10-18/h3-8,12,17,19H,1-2,9-11,13H2. The normalized spacial score (nSPS) is 17.0. The molecule has 1 aromatic heterocycles. The van der Waals surface area contributed by atoms with Crippen LogP contribution >= 0.6 is 0 Å². The maximum atomic E-state index is 10.2. The number of hydrogen-bond donors (Lipinski definition) is 1. The fraction of sp³-hybridized carbons (Fsp3) is 0.412. The second-order valence-electron chi connectivity index (χ2n) is 5.38. The van der Waals surface area contributed by atoms with Crippen LogP contribution in [0.4, 0.5) is 0 Å². The topological polar surface area (TPSA) is 45.8 Å². The van der Waals surface area contributed by atoms with Crippen molar-refractivity contribution in [3.63, 3.8) is 0 Å². The molecule has 0 saturated carbocycles. The summed E-state index contributed by atoms with van der Waals surface area (Å²) in [6.07, 6.45) is 3.45. The second-order valence-corrected chi connectivity index (χ2v) is 5.38. The maximum absolute atomic E-state index is 10.2. The number of rotatable bonds is 6. The molecule has 4 nitrogen and oxygen atoms in total. The summed E-state index contributed by atoms with van der Waals surface area (Å²) in [5, 5.41) is 10.2. The molecule has 21 heavy (non-hydrogen) atoms. The van der Waals surface area contributed by atoms with E-state index in [9.17, 15) is 5.11 Å². The van der Waals surface area contributed by atoms with Crippen LogP contribution in [0.3, 0.4) is 0 Å². The molecule has 1 N–H and O–H groups in total. The number of hydrogen-bond acceptors (Lipinski definition) is 4. The molecule has 1 saturated heterocycles. The Kier molecular flexibility index (Phi) is 4.58. The van der Waals surface area contributed by atoms with Gasteiger partial charge < -0.3 is 14.3 Å². The highest BCUT2D eigenvalue weighted by Crippen LogP contribution is 2.24. The molecular formula is C17H21NO3. The molecule has 2 heterocycles. The van der Waals surface area contributed by atoms with Gasteiger partial charge in [-0.15, -0.1) is 0 Å². The van der Waals surface area contributed by atoms with Crippen LogP contribution in [0.15, 0.2) is 47.1 Å². The molecule has 112 valence electrons. The minimum Gasteiger partial charge on any atom is -0.492 e. The van der Waals surface area contributed by atoms with Gasteiger partial charge in [0.1, 0.15) is 24.2 Å². The van der Waals surface area contributed by atoms with Crippen LogP contribution in [-0.4, -0.2) is 36.2 Å². The van der Waals surface area contributed by atoms with E-state index in [0.717, 1.165) is 17.9 Å². The number of benzene rings is 1. The Balaban J connectivity index is 1.51. The third-order valence-corrected chi connectivity index (χ3v) is 3.88. The number of ether oxygens (including phenoxy) is 1. The molecule has 1 aliphatic heterocycles. The van der Waals surface area contributed by atoms with Gasteiger partial charge >= 0.3 is 0 Å². The van der Waals surface area contributed by atoms with E-state index < -0.39 is 6.10 Å². The number of likely N-dealkylation sites (tertiary alicyclic amines) is 1. The molecule has 1 aliphatic rings. The van der Waals surface area contributed by atoms with E-state index in [1.807, 2.05) is 24.3 Å². The number of aliphatic hydroxyl groups is 1. The quantitative estimate of drug-likeness (QED) is 0.887. The summed E-state index contributed by atoms with van der Waals surface area (Å²) in [7, 11) is 0. The molecule has 1 fully saturated rings. The van der Waals surface area contributed by atoms with Crippen molar-refractivity contribution >= 4 is 0 Å². The molecule has 1 atom stereocenters. The van der Waals surface area contributed by atoms with Crippen LogP contribution in [0.25, 0.3) is 0 Å².